The Balaban J connectivity index is 2.19. The molecule has 1 saturated heterocycles. The molecule has 1 aliphatic rings. The second kappa shape index (κ2) is 5.03. The van der Waals surface area contributed by atoms with E-state index >= 15 is 0 Å². The fraction of sp³-hybridized carbons (Fsp3) is 0.417. The van der Waals surface area contributed by atoms with E-state index in [0.717, 1.165) is 25.1 Å². The van der Waals surface area contributed by atoms with E-state index in [1.165, 1.54) is 10.7 Å². The standard InChI is InChI=1S/C12H14INO2/c1-16-12(15)11-3-2-8-14(11)10-6-4-9(13)5-7-10/h4-7,11H,2-3,8H2,1H3/t11-/m1/s1. The van der Waals surface area contributed by atoms with Gasteiger partial charge in [0.15, 0.2) is 0 Å². The highest BCUT2D eigenvalue weighted by molar-refractivity contribution is 14.1. The molecule has 0 saturated carbocycles. The summed E-state index contributed by atoms with van der Waals surface area (Å²) in [6.07, 6.45) is 1.93. The highest BCUT2D eigenvalue weighted by atomic mass is 127. The molecular weight excluding hydrogens is 317 g/mol. The highest BCUT2D eigenvalue weighted by Crippen LogP contribution is 2.26. The van der Waals surface area contributed by atoms with Gasteiger partial charge in [0, 0.05) is 15.8 Å². The Labute approximate surface area is 109 Å². The third-order valence-electron chi connectivity index (χ3n) is 2.88. The fourth-order valence-electron chi connectivity index (χ4n) is 2.09. The van der Waals surface area contributed by atoms with Crippen LogP contribution in [0.4, 0.5) is 5.69 Å². The fourth-order valence-corrected chi connectivity index (χ4v) is 2.45. The summed E-state index contributed by atoms with van der Waals surface area (Å²) < 4.78 is 6.03. The van der Waals surface area contributed by atoms with Crippen molar-refractivity contribution in [3.05, 3.63) is 27.8 Å². The van der Waals surface area contributed by atoms with E-state index in [4.69, 9.17) is 4.74 Å². The highest BCUT2D eigenvalue weighted by Gasteiger charge is 2.31. The SMILES string of the molecule is COC(=O)[C@H]1CCCN1c1ccc(I)cc1. The van der Waals surface area contributed by atoms with Crippen LogP contribution in [0.25, 0.3) is 0 Å². The average Bonchev–Trinajstić information content (AvgIpc) is 2.78. The van der Waals surface area contributed by atoms with Crippen molar-refractivity contribution >= 4 is 34.2 Å². The van der Waals surface area contributed by atoms with Gasteiger partial charge in [-0.2, -0.15) is 0 Å². The van der Waals surface area contributed by atoms with Crippen molar-refractivity contribution in [2.24, 2.45) is 0 Å². The summed E-state index contributed by atoms with van der Waals surface area (Å²) in [5.74, 6) is -0.129. The molecule has 3 nitrogen and oxygen atoms in total. The van der Waals surface area contributed by atoms with Crippen molar-refractivity contribution in [1.29, 1.82) is 0 Å². The molecule has 1 aromatic carbocycles. The van der Waals surface area contributed by atoms with Crippen LogP contribution in [0.5, 0.6) is 0 Å². The normalized spacial score (nSPS) is 19.9. The molecule has 1 aromatic rings. The smallest absolute Gasteiger partial charge is 0.328 e. The van der Waals surface area contributed by atoms with Gasteiger partial charge in [0.05, 0.1) is 7.11 Å². The molecule has 2 rings (SSSR count). The Morgan fingerprint density at radius 1 is 1.44 bits per heavy atom. The monoisotopic (exact) mass is 331 g/mol. The van der Waals surface area contributed by atoms with Gasteiger partial charge in [-0.25, -0.2) is 4.79 Å². The second-order valence-corrected chi connectivity index (χ2v) is 5.10. The van der Waals surface area contributed by atoms with Crippen molar-refractivity contribution in [3.8, 4) is 0 Å². The number of carbonyl (C=O) groups excluding carboxylic acids is 1. The predicted molar refractivity (Wildman–Crippen MR) is 71.5 cm³/mol. The maximum absolute atomic E-state index is 11.6. The molecule has 0 aromatic heterocycles. The Morgan fingerprint density at radius 3 is 2.75 bits per heavy atom. The minimum absolute atomic E-state index is 0.106. The lowest BCUT2D eigenvalue weighted by Crippen LogP contribution is -2.36. The molecule has 4 heteroatoms. The van der Waals surface area contributed by atoms with Gasteiger partial charge in [-0.1, -0.05) is 0 Å². The first-order valence-electron chi connectivity index (χ1n) is 5.32. The minimum Gasteiger partial charge on any atom is -0.467 e. The van der Waals surface area contributed by atoms with Crippen LogP contribution in [0.2, 0.25) is 0 Å². The largest absolute Gasteiger partial charge is 0.467 e. The zero-order valence-electron chi connectivity index (χ0n) is 9.15. The maximum atomic E-state index is 11.6. The Hall–Kier alpha value is -0.780. The molecule has 1 heterocycles. The Morgan fingerprint density at radius 2 is 2.12 bits per heavy atom. The first kappa shape index (κ1) is 11.7. The average molecular weight is 331 g/mol. The molecule has 0 N–H and O–H groups in total. The van der Waals surface area contributed by atoms with Crippen molar-refractivity contribution in [3.63, 3.8) is 0 Å². The van der Waals surface area contributed by atoms with Gasteiger partial charge in [0.2, 0.25) is 0 Å². The summed E-state index contributed by atoms with van der Waals surface area (Å²) in [5.41, 5.74) is 1.10. The maximum Gasteiger partial charge on any atom is 0.328 e. The van der Waals surface area contributed by atoms with E-state index in [1.807, 2.05) is 0 Å². The first-order chi connectivity index (χ1) is 7.72. The number of methoxy groups -OCH3 is 1. The van der Waals surface area contributed by atoms with E-state index in [1.54, 1.807) is 0 Å². The number of hydrogen-bond acceptors (Lipinski definition) is 3. The minimum atomic E-state index is -0.129. The zero-order chi connectivity index (χ0) is 11.5. The number of hydrogen-bond donors (Lipinski definition) is 0. The van der Waals surface area contributed by atoms with Crippen LogP contribution in [-0.4, -0.2) is 25.7 Å². The quantitative estimate of drug-likeness (QED) is 0.616. The first-order valence-corrected chi connectivity index (χ1v) is 6.40. The molecule has 86 valence electrons. The van der Waals surface area contributed by atoms with E-state index < -0.39 is 0 Å². The number of benzene rings is 1. The summed E-state index contributed by atoms with van der Waals surface area (Å²) in [7, 11) is 1.45. The van der Waals surface area contributed by atoms with Crippen LogP contribution in [0.15, 0.2) is 24.3 Å². The number of nitrogens with zero attached hydrogens (tertiary/aromatic N) is 1. The number of rotatable bonds is 2. The number of ether oxygens (including phenoxy) is 1. The van der Waals surface area contributed by atoms with Gasteiger partial charge in [-0.05, 0) is 59.7 Å². The molecular formula is C12H14INO2. The zero-order valence-corrected chi connectivity index (χ0v) is 11.3. The number of anilines is 1. The van der Waals surface area contributed by atoms with Crippen LogP contribution < -0.4 is 4.90 Å². The summed E-state index contributed by atoms with van der Waals surface area (Å²) >= 11 is 2.28. The van der Waals surface area contributed by atoms with Gasteiger partial charge in [-0.3, -0.25) is 0 Å². The number of carbonyl (C=O) groups is 1. The molecule has 0 amide bonds. The molecule has 0 radical (unpaired) electrons. The van der Waals surface area contributed by atoms with Gasteiger partial charge in [0.1, 0.15) is 6.04 Å². The van der Waals surface area contributed by atoms with Crippen LogP contribution in [0, 0.1) is 3.57 Å². The summed E-state index contributed by atoms with van der Waals surface area (Å²) in [5, 5.41) is 0. The predicted octanol–water partition coefficient (Wildman–Crippen LogP) is 2.43. The molecule has 16 heavy (non-hydrogen) atoms. The lowest BCUT2D eigenvalue weighted by atomic mass is 10.2. The molecule has 0 bridgehead atoms. The van der Waals surface area contributed by atoms with Crippen molar-refractivity contribution < 1.29 is 9.53 Å². The summed E-state index contributed by atoms with van der Waals surface area (Å²) in [6, 6.07) is 8.13. The molecule has 1 atom stereocenters. The number of halogens is 1. The van der Waals surface area contributed by atoms with E-state index in [2.05, 4.69) is 51.8 Å². The van der Waals surface area contributed by atoms with Crippen LogP contribution in [-0.2, 0) is 9.53 Å². The van der Waals surface area contributed by atoms with E-state index in [0.29, 0.717) is 0 Å². The van der Waals surface area contributed by atoms with Gasteiger partial charge < -0.3 is 9.64 Å². The lowest BCUT2D eigenvalue weighted by molar-refractivity contribution is -0.141. The third kappa shape index (κ3) is 2.31. The van der Waals surface area contributed by atoms with E-state index in [9.17, 15) is 4.79 Å². The van der Waals surface area contributed by atoms with Crippen molar-refractivity contribution in [2.45, 2.75) is 18.9 Å². The molecule has 0 spiro atoms. The van der Waals surface area contributed by atoms with Crippen LogP contribution in [0.1, 0.15) is 12.8 Å². The molecule has 1 fully saturated rings. The van der Waals surface area contributed by atoms with Crippen LogP contribution >= 0.6 is 22.6 Å². The second-order valence-electron chi connectivity index (χ2n) is 3.85. The topological polar surface area (TPSA) is 29.5 Å². The lowest BCUT2D eigenvalue weighted by Gasteiger charge is -2.24. The molecule has 0 aliphatic carbocycles. The van der Waals surface area contributed by atoms with Crippen molar-refractivity contribution in [2.75, 3.05) is 18.6 Å². The number of esters is 1. The summed E-state index contributed by atoms with van der Waals surface area (Å²) in [4.78, 5) is 13.7. The van der Waals surface area contributed by atoms with Gasteiger partial charge in [0.25, 0.3) is 0 Å². The molecule has 0 unspecified atom stereocenters. The van der Waals surface area contributed by atoms with E-state index in [-0.39, 0.29) is 12.0 Å². The van der Waals surface area contributed by atoms with Gasteiger partial charge >= 0.3 is 5.97 Å². The van der Waals surface area contributed by atoms with Crippen LogP contribution in [0.3, 0.4) is 0 Å². The van der Waals surface area contributed by atoms with Crippen molar-refractivity contribution in [1.82, 2.24) is 0 Å². The Kier molecular flexibility index (Phi) is 3.68. The molecule has 1 aliphatic heterocycles. The Bertz CT molecular complexity index is 377. The van der Waals surface area contributed by atoms with Gasteiger partial charge in [-0.15, -0.1) is 0 Å². The summed E-state index contributed by atoms with van der Waals surface area (Å²) in [6.45, 7) is 0.931. The third-order valence-corrected chi connectivity index (χ3v) is 3.60.